The van der Waals surface area contributed by atoms with Crippen LogP contribution in [-0.2, 0) is 9.59 Å². The molecule has 122 valence electrons. The van der Waals surface area contributed by atoms with Gasteiger partial charge in [0.15, 0.2) is 0 Å². The molecule has 1 atom stereocenters. The average molecular weight is 298 g/mol. The number of carbonyl (C=O) groups excluding carboxylic acids is 2. The van der Waals surface area contributed by atoms with E-state index in [2.05, 4.69) is 10.2 Å². The fraction of sp³-hybridized carbons (Fsp3) is 0.867. The van der Waals surface area contributed by atoms with E-state index in [1.165, 1.54) is 0 Å². The summed E-state index contributed by atoms with van der Waals surface area (Å²) in [7, 11) is 0. The first-order valence-electron chi connectivity index (χ1n) is 7.79. The number of nitrogens with zero attached hydrogens (tertiary/aromatic N) is 2. The Hall–Kier alpha value is -1.14. The number of carbonyl (C=O) groups is 2. The molecule has 3 N–H and O–H groups in total. The molecular weight excluding hydrogens is 268 g/mol. The molecule has 6 nitrogen and oxygen atoms in total. The minimum absolute atomic E-state index is 0.0117. The van der Waals surface area contributed by atoms with Gasteiger partial charge in [-0.05, 0) is 11.8 Å². The fourth-order valence-corrected chi connectivity index (χ4v) is 2.22. The zero-order valence-corrected chi connectivity index (χ0v) is 13.8. The van der Waals surface area contributed by atoms with Gasteiger partial charge < -0.3 is 16.0 Å². The lowest BCUT2D eigenvalue weighted by atomic mass is 9.86. The summed E-state index contributed by atoms with van der Waals surface area (Å²) in [5.41, 5.74) is 5.80. The van der Waals surface area contributed by atoms with E-state index >= 15 is 0 Å². The summed E-state index contributed by atoms with van der Waals surface area (Å²) in [6, 6.07) is -0.475. The summed E-state index contributed by atoms with van der Waals surface area (Å²) in [4.78, 5) is 27.9. The molecule has 21 heavy (non-hydrogen) atoms. The highest BCUT2D eigenvalue weighted by Crippen LogP contribution is 2.19. The van der Waals surface area contributed by atoms with Gasteiger partial charge in [0.2, 0.25) is 11.8 Å². The van der Waals surface area contributed by atoms with Crippen LogP contribution >= 0.6 is 0 Å². The van der Waals surface area contributed by atoms with E-state index in [1.807, 2.05) is 32.6 Å². The van der Waals surface area contributed by atoms with Crippen LogP contribution < -0.4 is 11.1 Å². The molecule has 1 aliphatic rings. The molecule has 1 saturated heterocycles. The van der Waals surface area contributed by atoms with Crippen LogP contribution in [0.3, 0.4) is 0 Å². The number of nitrogens with one attached hydrogen (secondary N) is 1. The Bertz CT molecular complexity index is 357. The number of hydrogen-bond donors (Lipinski definition) is 2. The van der Waals surface area contributed by atoms with Crippen LogP contribution in [0.15, 0.2) is 0 Å². The molecule has 1 rings (SSSR count). The highest BCUT2D eigenvalue weighted by molar-refractivity contribution is 5.82. The molecule has 2 amide bonds. The van der Waals surface area contributed by atoms with E-state index in [9.17, 15) is 9.59 Å². The second-order valence-corrected chi connectivity index (χ2v) is 6.80. The van der Waals surface area contributed by atoms with Crippen molar-refractivity contribution < 1.29 is 9.59 Å². The van der Waals surface area contributed by atoms with E-state index in [1.54, 1.807) is 0 Å². The van der Waals surface area contributed by atoms with Gasteiger partial charge in [0.1, 0.15) is 0 Å². The summed E-state index contributed by atoms with van der Waals surface area (Å²) in [6.07, 6.45) is 0.943. The van der Waals surface area contributed by atoms with E-state index in [0.717, 1.165) is 26.1 Å². The maximum Gasteiger partial charge on any atom is 0.240 e. The van der Waals surface area contributed by atoms with Crippen LogP contribution in [-0.4, -0.2) is 66.9 Å². The maximum absolute atomic E-state index is 12.3. The van der Waals surface area contributed by atoms with Crippen molar-refractivity contribution in [1.82, 2.24) is 15.1 Å². The van der Waals surface area contributed by atoms with Crippen LogP contribution in [0, 0.1) is 5.41 Å². The van der Waals surface area contributed by atoms with Gasteiger partial charge >= 0.3 is 0 Å². The molecule has 0 saturated carbocycles. The predicted octanol–water partition coefficient (Wildman–Crippen LogP) is 0.0302. The van der Waals surface area contributed by atoms with Gasteiger partial charge in [0.25, 0.3) is 0 Å². The minimum atomic E-state index is -0.475. The molecule has 0 spiro atoms. The van der Waals surface area contributed by atoms with Crippen molar-refractivity contribution in [3.8, 4) is 0 Å². The smallest absolute Gasteiger partial charge is 0.240 e. The van der Waals surface area contributed by atoms with Gasteiger partial charge in [-0.15, -0.1) is 0 Å². The van der Waals surface area contributed by atoms with Gasteiger partial charge in [0.05, 0.1) is 12.6 Å². The summed E-state index contributed by atoms with van der Waals surface area (Å²) in [6.45, 7) is 11.8. The van der Waals surface area contributed by atoms with Gasteiger partial charge in [-0.25, -0.2) is 0 Å². The van der Waals surface area contributed by atoms with Crippen molar-refractivity contribution >= 4 is 11.8 Å². The van der Waals surface area contributed by atoms with E-state index in [-0.39, 0.29) is 17.2 Å². The molecule has 0 unspecified atom stereocenters. The van der Waals surface area contributed by atoms with Crippen molar-refractivity contribution in [2.75, 3.05) is 39.3 Å². The topological polar surface area (TPSA) is 78.7 Å². The molecule has 1 aliphatic heterocycles. The largest absolute Gasteiger partial charge is 0.355 e. The Morgan fingerprint density at radius 1 is 1.19 bits per heavy atom. The van der Waals surface area contributed by atoms with E-state index < -0.39 is 6.04 Å². The molecule has 0 aliphatic carbocycles. The highest BCUT2D eigenvalue weighted by atomic mass is 16.2. The molecule has 0 bridgehead atoms. The third-order valence-electron chi connectivity index (χ3n) is 3.82. The summed E-state index contributed by atoms with van der Waals surface area (Å²) in [5, 5.41) is 2.87. The summed E-state index contributed by atoms with van der Waals surface area (Å²) < 4.78 is 0. The highest BCUT2D eigenvalue weighted by Gasteiger charge is 2.32. The Morgan fingerprint density at radius 3 is 2.24 bits per heavy atom. The van der Waals surface area contributed by atoms with Gasteiger partial charge in [-0.3, -0.25) is 14.5 Å². The second-order valence-electron chi connectivity index (χ2n) is 6.80. The Balaban J connectivity index is 2.38. The molecular formula is C15H30N4O2. The van der Waals surface area contributed by atoms with Crippen LogP contribution in [0.1, 0.15) is 34.1 Å². The van der Waals surface area contributed by atoms with Gasteiger partial charge in [0, 0.05) is 32.7 Å². The Morgan fingerprint density at radius 2 is 1.76 bits per heavy atom. The molecule has 0 aromatic carbocycles. The first-order valence-corrected chi connectivity index (χ1v) is 7.79. The third kappa shape index (κ3) is 5.63. The minimum Gasteiger partial charge on any atom is -0.355 e. The monoisotopic (exact) mass is 298 g/mol. The molecule has 1 fully saturated rings. The van der Waals surface area contributed by atoms with Crippen molar-refractivity contribution in [3.05, 3.63) is 0 Å². The van der Waals surface area contributed by atoms with Crippen LogP contribution in [0.4, 0.5) is 0 Å². The number of nitrogens with two attached hydrogens (primary N) is 1. The normalized spacial score (nSPS) is 18.4. The first-order chi connectivity index (χ1) is 9.75. The number of hydrogen-bond acceptors (Lipinski definition) is 4. The molecule has 0 radical (unpaired) electrons. The van der Waals surface area contributed by atoms with E-state index in [0.29, 0.717) is 19.6 Å². The number of piperazine rings is 1. The molecule has 0 aromatic rings. The molecule has 0 aromatic heterocycles. The number of amides is 2. The van der Waals surface area contributed by atoms with Crippen LogP contribution in [0.5, 0.6) is 0 Å². The SMILES string of the molecule is CCCNC(=O)CN1CCN(C(=O)[C@@H](N)C(C)(C)C)CC1. The predicted molar refractivity (Wildman–Crippen MR) is 83.8 cm³/mol. The summed E-state index contributed by atoms with van der Waals surface area (Å²) >= 11 is 0. The van der Waals surface area contributed by atoms with Crippen molar-refractivity contribution in [2.24, 2.45) is 11.1 Å². The quantitative estimate of drug-likeness (QED) is 0.750. The van der Waals surface area contributed by atoms with Crippen LogP contribution in [0.25, 0.3) is 0 Å². The third-order valence-corrected chi connectivity index (χ3v) is 3.82. The maximum atomic E-state index is 12.3. The lowest BCUT2D eigenvalue weighted by Crippen LogP contribution is -2.57. The van der Waals surface area contributed by atoms with Gasteiger partial charge in [-0.2, -0.15) is 0 Å². The standard InChI is InChI=1S/C15H30N4O2/c1-5-6-17-12(20)11-18-7-9-19(10-8-18)14(21)13(16)15(2,3)4/h13H,5-11,16H2,1-4H3,(H,17,20)/t13-/m1/s1. The zero-order chi connectivity index (χ0) is 16.0. The Kier molecular flexibility index (Phi) is 6.61. The zero-order valence-electron chi connectivity index (χ0n) is 13.8. The Labute approximate surface area is 128 Å². The number of rotatable bonds is 5. The molecule has 1 heterocycles. The van der Waals surface area contributed by atoms with E-state index in [4.69, 9.17) is 5.73 Å². The molecule has 6 heteroatoms. The lowest BCUT2D eigenvalue weighted by molar-refractivity contribution is -0.136. The fourth-order valence-electron chi connectivity index (χ4n) is 2.22. The first kappa shape index (κ1) is 17.9. The van der Waals surface area contributed by atoms with Crippen molar-refractivity contribution in [1.29, 1.82) is 0 Å². The van der Waals surface area contributed by atoms with Crippen molar-refractivity contribution in [2.45, 2.75) is 40.2 Å². The second kappa shape index (κ2) is 7.75. The van der Waals surface area contributed by atoms with Crippen molar-refractivity contribution in [3.63, 3.8) is 0 Å². The summed E-state index contributed by atoms with van der Waals surface area (Å²) in [5.74, 6) is 0.0700. The lowest BCUT2D eigenvalue weighted by Gasteiger charge is -2.37. The van der Waals surface area contributed by atoms with Gasteiger partial charge in [-0.1, -0.05) is 27.7 Å². The van der Waals surface area contributed by atoms with Crippen LogP contribution in [0.2, 0.25) is 0 Å². The average Bonchev–Trinajstić information content (AvgIpc) is 2.43.